The lowest BCUT2D eigenvalue weighted by Gasteiger charge is -2.32. The van der Waals surface area contributed by atoms with E-state index in [1.54, 1.807) is 12.3 Å². The third kappa shape index (κ3) is 2.95. The molecule has 1 aromatic rings. The quantitative estimate of drug-likeness (QED) is 0.607. The van der Waals surface area contributed by atoms with Crippen LogP contribution >= 0.6 is 0 Å². The van der Waals surface area contributed by atoms with E-state index in [0.717, 1.165) is 32.5 Å². The molecule has 1 aliphatic heterocycles. The topological polar surface area (TPSA) is 88.1 Å². The van der Waals surface area contributed by atoms with Gasteiger partial charge < -0.3 is 15.4 Å². The van der Waals surface area contributed by atoms with Crippen LogP contribution in [-0.2, 0) is 4.74 Å². The van der Waals surface area contributed by atoms with Crippen molar-refractivity contribution in [3.05, 3.63) is 18.0 Å². The molecular weight excluding hydrogens is 230 g/mol. The Labute approximate surface area is 107 Å². The van der Waals surface area contributed by atoms with Crippen LogP contribution in [0.5, 0.6) is 0 Å². The van der Waals surface area contributed by atoms with Gasteiger partial charge in [-0.15, -0.1) is 0 Å². The predicted molar refractivity (Wildman–Crippen MR) is 69.9 cm³/mol. The van der Waals surface area contributed by atoms with Crippen molar-refractivity contribution >= 4 is 11.8 Å². The second-order valence-electron chi connectivity index (χ2n) is 4.32. The van der Waals surface area contributed by atoms with Gasteiger partial charge >= 0.3 is 0 Å². The van der Waals surface area contributed by atoms with Gasteiger partial charge in [0.1, 0.15) is 11.5 Å². The molecule has 0 bridgehead atoms. The van der Waals surface area contributed by atoms with Gasteiger partial charge in [0.05, 0.1) is 6.10 Å². The maximum absolute atomic E-state index is 7.40. The Morgan fingerprint density at radius 1 is 1.67 bits per heavy atom. The smallest absolute Gasteiger partial charge is 0.226 e. The summed E-state index contributed by atoms with van der Waals surface area (Å²) >= 11 is 0. The fourth-order valence-corrected chi connectivity index (χ4v) is 2.14. The lowest BCUT2D eigenvalue weighted by atomic mass is 10.1. The summed E-state index contributed by atoms with van der Waals surface area (Å²) in [4.78, 5) is 10.6. The van der Waals surface area contributed by atoms with Crippen LogP contribution in [0.4, 0.5) is 5.95 Å². The zero-order valence-electron chi connectivity index (χ0n) is 10.6. The molecular formula is C12H19N5O. The fourth-order valence-electron chi connectivity index (χ4n) is 2.14. The van der Waals surface area contributed by atoms with Gasteiger partial charge in [-0.1, -0.05) is 0 Å². The molecule has 1 saturated heterocycles. The van der Waals surface area contributed by atoms with Crippen molar-refractivity contribution in [1.82, 2.24) is 9.97 Å². The molecule has 3 N–H and O–H groups in total. The first-order chi connectivity index (χ1) is 8.70. The zero-order valence-corrected chi connectivity index (χ0v) is 10.6. The van der Waals surface area contributed by atoms with E-state index in [9.17, 15) is 0 Å². The van der Waals surface area contributed by atoms with Crippen LogP contribution in [0.3, 0.4) is 0 Å². The van der Waals surface area contributed by atoms with E-state index < -0.39 is 0 Å². The second-order valence-corrected chi connectivity index (χ2v) is 4.32. The van der Waals surface area contributed by atoms with Crippen molar-refractivity contribution in [2.24, 2.45) is 5.73 Å². The highest BCUT2D eigenvalue weighted by molar-refractivity contribution is 5.93. The number of piperidine rings is 1. The highest BCUT2D eigenvalue weighted by Crippen LogP contribution is 2.17. The van der Waals surface area contributed by atoms with E-state index in [4.69, 9.17) is 15.9 Å². The van der Waals surface area contributed by atoms with Crippen LogP contribution in [-0.4, -0.2) is 41.6 Å². The van der Waals surface area contributed by atoms with E-state index in [0.29, 0.717) is 11.6 Å². The van der Waals surface area contributed by atoms with E-state index in [1.807, 2.05) is 6.92 Å². The van der Waals surface area contributed by atoms with Crippen LogP contribution in [0.15, 0.2) is 12.3 Å². The first-order valence-electron chi connectivity index (χ1n) is 6.24. The summed E-state index contributed by atoms with van der Waals surface area (Å²) in [5, 5.41) is 7.40. The van der Waals surface area contributed by atoms with E-state index >= 15 is 0 Å². The van der Waals surface area contributed by atoms with Crippen molar-refractivity contribution in [3.8, 4) is 0 Å². The highest BCUT2D eigenvalue weighted by atomic mass is 16.5. The number of anilines is 1. The normalized spacial score (nSPS) is 19.8. The van der Waals surface area contributed by atoms with Crippen LogP contribution < -0.4 is 10.6 Å². The summed E-state index contributed by atoms with van der Waals surface area (Å²) in [5.74, 6) is 0.601. The molecule has 0 radical (unpaired) electrons. The van der Waals surface area contributed by atoms with Crippen molar-refractivity contribution < 1.29 is 4.74 Å². The molecule has 6 heteroatoms. The lowest BCUT2D eigenvalue weighted by molar-refractivity contribution is 0.0523. The standard InChI is InChI=1S/C12H19N5O/c1-2-18-9-4-3-7-17(8-9)12-15-6-5-10(16-12)11(13)14/h5-6,9H,2-4,7-8H2,1H3,(H3,13,14). The van der Waals surface area contributed by atoms with E-state index in [-0.39, 0.29) is 11.9 Å². The molecule has 2 rings (SSSR count). The number of hydrogen-bond donors (Lipinski definition) is 2. The van der Waals surface area contributed by atoms with Crippen molar-refractivity contribution in [2.75, 3.05) is 24.6 Å². The molecule has 1 aliphatic rings. The Kier molecular flexibility index (Phi) is 4.09. The summed E-state index contributed by atoms with van der Waals surface area (Å²) in [6, 6.07) is 1.65. The van der Waals surface area contributed by atoms with Crippen LogP contribution in [0.1, 0.15) is 25.5 Å². The van der Waals surface area contributed by atoms with Gasteiger partial charge in [-0.3, -0.25) is 5.41 Å². The first kappa shape index (κ1) is 12.8. The summed E-state index contributed by atoms with van der Waals surface area (Å²) in [5.41, 5.74) is 5.91. The molecule has 0 aliphatic carbocycles. The average Bonchev–Trinajstić information content (AvgIpc) is 2.39. The molecule has 0 spiro atoms. The largest absolute Gasteiger partial charge is 0.382 e. The summed E-state index contributed by atoms with van der Waals surface area (Å²) in [6.45, 7) is 4.46. The SMILES string of the molecule is CCOC1CCCN(c2nccc(C(=N)N)n2)C1. The molecule has 1 unspecified atom stereocenters. The van der Waals surface area contributed by atoms with Crippen molar-refractivity contribution in [2.45, 2.75) is 25.9 Å². The van der Waals surface area contributed by atoms with Crippen LogP contribution in [0, 0.1) is 5.41 Å². The van der Waals surface area contributed by atoms with Gasteiger partial charge in [-0.05, 0) is 25.8 Å². The maximum Gasteiger partial charge on any atom is 0.226 e. The number of nitrogen functional groups attached to an aromatic ring is 1. The van der Waals surface area contributed by atoms with Gasteiger partial charge in [-0.2, -0.15) is 0 Å². The molecule has 6 nitrogen and oxygen atoms in total. The number of aromatic nitrogens is 2. The zero-order chi connectivity index (χ0) is 13.0. The molecule has 98 valence electrons. The summed E-state index contributed by atoms with van der Waals surface area (Å²) in [6.07, 6.45) is 4.03. The number of ether oxygens (including phenoxy) is 1. The predicted octanol–water partition coefficient (Wildman–Crippen LogP) is 0.766. The molecule has 1 fully saturated rings. The molecule has 1 atom stereocenters. The number of nitrogens with one attached hydrogen (secondary N) is 1. The minimum atomic E-state index is -0.0305. The first-order valence-corrected chi connectivity index (χ1v) is 6.24. The van der Waals surface area contributed by atoms with Gasteiger partial charge in [0.25, 0.3) is 0 Å². The third-order valence-electron chi connectivity index (χ3n) is 2.98. The molecule has 0 saturated carbocycles. The Bertz CT molecular complexity index is 421. The molecule has 2 heterocycles. The van der Waals surface area contributed by atoms with Gasteiger partial charge in [0.2, 0.25) is 5.95 Å². The third-order valence-corrected chi connectivity index (χ3v) is 2.98. The number of nitrogens with two attached hydrogens (primary N) is 1. The summed E-state index contributed by atoms with van der Waals surface area (Å²) in [7, 11) is 0. The van der Waals surface area contributed by atoms with Crippen molar-refractivity contribution in [1.29, 1.82) is 5.41 Å². The maximum atomic E-state index is 7.40. The fraction of sp³-hybridized carbons (Fsp3) is 0.583. The highest BCUT2D eigenvalue weighted by Gasteiger charge is 2.22. The lowest BCUT2D eigenvalue weighted by Crippen LogP contribution is -2.40. The van der Waals surface area contributed by atoms with Crippen LogP contribution in [0.25, 0.3) is 0 Å². The molecule has 0 aromatic carbocycles. The van der Waals surface area contributed by atoms with Crippen LogP contribution in [0.2, 0.25) is 0 Å². The Morgan fingerprint density at radius 3 is 3.22 bits per heavy atom. The molecule has 1 aromatic heterocycles. The average molecular weight is 249 g/mol. The van der Waals surface area contributed by atoms with Gasteiger partial charge in [-0.25, -0.2) is 9.97 Å². The Hall–Kier alpha value is -1.69. The van der Waals surface area contributed by atoms with Gasteiger partial charge in [0, 0.05) is 25.9 Å². The number of rotatable bonds is 4. The molecule has 18 heavy (non-hydrogen) atoms. The van der Waals surface area contributed by atoms with Crippen molar-refractivity contribution in [3.63, 3.8) is 0 Å². The van der Waals surface area contributed by atoms with E-state index in [2.05, 4.69) is 14.9 Å². The van der Waals surface area contributed by atoms with Gasteiger partial charge in [0.15, 0.2) is 0 Å². The number of nitrogens with zero attached hydrogens (tertiary/aromatic N) is 3. The molecule has 0 amide bonds. The number of amidine groups is 1. The van der Waals surface area contributed by atoms with E-state index in [1.165, 1.54) is 0 Å². The summed E-state index contributed by atoms with van der Waals surface area (Å²) < 4.78 is 5.65. The Balaban J connectivity index is 2.10. The second kappa shape index (κ2) is 5.77. The number of hydrogen-bond acceptors (Lipinski definition) is 5. The minimum absolute atomic E-state index is 0.0305. The minimum Gasteiger partial charge on any atom is -0.382 e. The Morgan fingerprint density at radius 2 is 2.50 bits per heavy atom. The monoisotopic (exact) mass is 249 g/mol.